The molecule has 1 aliphatic rings. The molecule has 0 amide bonds. The van der Waals surface area contributed by atoms with Gasteiger partial charge in [-0.1, -0.05) is 19.1 Å². The van der Waals surface area contributed by atoms with E-state index in [1.807, 2.05) is 6.92 Å². The van der Waals surface area contributed by atoms with E-state index in [-0.39, 0.29) is 0 Å². The van der Waals surface area contributed by atoms with Gasteiger partial charge in [-0.3, -0.25) is 0 Å². The zero-order valence-corrected chi connectivity index (χ0v) is 12.9. The van der Waals surface area contributed by atoms with Gasteiger partial charge in [-0.05, 0) is 31.2 Å². The van der Waals surface area contributed by atoms with Crippen LogP contribution >= 0.6 is 23.1 Å². The van der Waals surface area contributed by atoms with Crippen LogP contribution in [-0.2, 0) is 0 Å². The van der Waals surface area contributed by atoms with Crippen molar-refractivity contribution in [1.29, 1.82) is 0 Å². The van der Waals surface area contributed by atoms with Crippen molar-refractivity contribution in [1.82, 2.24) is 4.98 Å². The minimum Gasteiger partial charge on any atom is -0.381 e. The number of nitrogens with zero attached hydrogens (tertiary/aromatic N) is 1. The van der Waals surface area contributed by atoms with Crippen LogP contribution in [0.4, 0.5) is 5.69 Å². The van der Waals surface area contributed by atoms with E-state index in [0.717, 1.165) is 10.7 Å². The minimum absolute atomic E-state index is 0.595. The summed E-state index contributed by atoms with van der Waals surface area (Å²) in [6, 6.07) is 9.20. The van der Waals surface area contributed by atoms with Gasteiger partial charge in [0.2, 0.25) is 0 Å². The Hall–Kier alpha value is -1.00. The van der Waals surface area contributed by atoms with Crippen molar-refractivity contribution >= 4 is 28.8 Å². The van der Waals surface area contributed by atoms with Gasteiger partial charge in [-0.15, -0.1) is 11.3 Å². The summed E-state index contributed by atoms with van der Waals surface area (Å²) in [5.74, 6) is 1.27. The molecule has 100 valence electrons. The van der Waals surface area contributed by atoms with Gasteiger partial charge in [0.15, 0.2) is 0 Å². The van der Waals surface area contributed by atoms with Crippen molar-refractivity contribution in [3.05, 3.63) is 34.7 Å². The number of aromatic nitrogens is 1. The molecular formula is C15H18N2S2. The van der Waals surface area contributed by atoms with Gasteiger partial charge < -0.3 is 5.32 Å². The van der Waals surface area contributed by atoms with E-state index in [1.165, 1.54) is 23.4 Å². The van der Waals surface area contributed by atoms with Gasteiger partial charge in [0, 0.05) is 27.9 Å². The van der Waals surface area contributed by atoms with Crippen molar-refractivity contribution in [2.75, 3.05) is 11.1 Å². The highest BCUT2D eigenvalue weighted by atomic mass is 32.2. The highest BCUT2D eigenvalue weighted by Gasteiger charge is 2.23. The lowest BCUT2D eigenvalue weighted by molar-refractivity contribution is 0.724. The van der Waals surface area contributed by atoms with E-state index in [4.69, 9.17) is 0 Å². The average Bonchev–Trinajstić information content (AvgIpc) is 3.00. The van der Waals surface area contributed by atoms with Crippen molar-refractivity contribution in [3.8, 4) is 11.3 Å². The lowest BCUT2D eigenvalue weighted by atomic mass is 10.1. The summed E-state index contributed by atoms with van der Waals surface area (Å²) in [5.41, 5.74) is 3.50. The molecule has 1 aromatic carbocycles. The lowest BCUT2D eigenvalue weighted by Gasteiger charge is -2.18. The third kappa shape index (κ3) is 2.95. The highest BCUT2D eigenvalue weighted by molar-refractivity contribution is 8.00. The number of thiazole rings is 1. The Morgan fingerprint density at radius 1 is 1.37 bits per heavy atom. The van der Waals surface area contributed by atoms with Crippen molar-refractivity contribution in [2.24, 2.45) is 0 Å². The third-order valence-electron chi connectivity index (χ3n) is 3.51. The van der Waals surface area contributed by atoms with E-state index in [9.17, 15) is 0 Å². The molecule has 0 radical (unpaired) electrons. The smallest absolute Gasteiger partial charge is 0.0901 e. The van der Waals surface area contributed by atoms with Crippen LogP contribution in [0.1, 0.15) is 18.4 Å². The van der Waals surface area contributed by atoms with Gasteiger partial charge in [-0.25, -0.2) is 4.98 Å². The lowest BCUT2D eigenvalue weighted by Crippen LogP contribution is -2.24. The van der Waals surface area contributed by atoms with E-state index in [2.05, 4.69) is 58.6 Å². The van der Waals surface area contributed by atoms with Crippen LogP contribution in [-0.4, -0.2) is 22.0 Å². The Morgan fingerprint density at radius 3 is 2.95 bits per heavy atom. The fourth-order valence-electron chi connectivity index (χ4n) is 2.40. The molecule has 0 saturated carbocycles. The second-order valence-corrected chi connectivity index (χ2v) is 7.50. The number of rotatable bonds is 3. The van der Waals surface area contributed by atoms with Crippen LogP contribution in [0.5, 0.6) is 0 Å². The number of benzene rings is 1. The highest BCUT2D eigenvalue weighted by Crippen LogP contribution is 2.30. The fraction of sp³-hybridized carbons (Fsp3) is 0.400. The molecule has 0 aliphatic carbocycles. The van der Waals surface area contributed by atoms with Crippen LogP contribution in [0.2, 0.25) is 0 Å². The molecule has 4 heteroatoms. The van der Waals surface area contributed by atoms with E-state index in [0.29, 0.717) is 11.3 Å². The Bertz CT molecular complexity index is 565. The molecule has 1 N–H and O–H groups in total. The predicted molar refractivity (Wildman–Crippen MR) is 86.2 cm³/mol. The van der Waals surface area contributed by atoms with Crippen LogP contribution in [0.3, 0.4) is 0 Å². The first-order valence-corrected chi connectivity index (χ1v) is 8.56. The number of aryl methyl sites for hydroxylation is 1. The number of hydrogen-bond acceptors (Lipinski definition) is 4. The van der Waals surface area contributed by atoms with Crippen molar-refractivity contribution in [2.45, 2.75) is 31.6 Å². The molecule has 1 saturated heterocycles. The number of nitrogens with one attached hydrogen (secondary N) is 1. The summed E-state index contributed by atoms with van der Waals surface area (Å²) >= 11 is 3.76. The maximum Gasteiger partial charge on any atom is 0.0901 e. The van der Waals surface area contributed by atoms with Gasteiger partial charge >= 0.3 is 0 Å². The molecular weight excluding hydrogens is 272 g/mol. The molecule has 2 unspecified atom stereocenters. The standard InChI is InChI=1S/C15H18N2S2/c1-10-14(6-7-18-10)17-13-5-3-4-12(8-13)15-9-19-11(2)16-15/h3-5,8-10,14,17H,6-7H2,1-2H3. The van der Waals surface area contributed by atoms with Gasteiger partial charge in [0.05, 0.1) is 10.7 Å². The monoisotopic (exact) mass is 290 g/mol. The van der Waals surface area contributed by atoms with Crippen LogP contribution in [0.15, 0.2) is 29.6 Å². The molecule has 3 rings (SSSR count). The molecule has 0 bridgehead atoms. The number of anilines is 1. The second kappa shape index (κ2) is 5.55. The molecule has 2 heterocycles. The quantitative estimate of drug-likeness (QED) is 0.905. The Morgan fingerprint density at radius 2 is 2.26 bits per heavy atom. The number of thioether (sulfide) groups is 1. The summed E-state index contributed by atoms with van der Waals surface area (Å²) in [7, 11) is 0. The molecule has 1 aliphatic heterocycles. The molecule has 1 fully saturated rings. The molecule has 1 aromatic heterocycles. The normalized spacial score (nSPS) is 22.6. The SMILES string of the molecule is Cc1nc(-c2cccc(NC3CCSC3C)c2)cs1. The number of hydrogen-bond donors (Lipinski definition) is 1. The summed E-state index contributed by atoms with van der Waals surface area (Å²) < 4.78 is 0. The van der Waals surface area contributed by atoms with Crippen molar-refractivity contribution in [3.63, 3.8) is 0 Å². The summed E-state index contributed by atoms with van der Waals surface area (Å²) in [4.78, 5) is 4.56. The first-order chi connectivity index (χ1) is 9.22. The topological polar surface area (TPSA) is 24.9 Å². The molecule has 2 atom stereocenters. The largest absolute Gasteiger partial charge is 0.381 e. The maximum atomic E-state index is 4.56. The summed E-state index contributed by atoms with van der Waals surface area (Å²) in [5, 5.41) is 7.61. The molecule has 2 aromatic rings. The Balaban J connectivity index is 1.80. The predicted octanol–water partition coefficient (Wildman–Crippen LogP) is 4.42. The van der Waals surface area contributed by atoms with Crippen LogP contribution < -0.4 is 5.32 Å². The Kier molecular flexibility index (Phi) is 3.80. The average molecular weight is 290 g/mol. The summed E-state index contributed by atoms with van der Waals surface area (Å²) in [6.45, 7) is 4.36. The maximum absolute atomic E-state index is 4.56. The first-order valence-electron chi connectivity index (χ1n) is 6.63. The van der Waals surface area contributed by atoms with Gasteiger partial charge in [-0.2, -0.15) is 11.8 Å². The van der Waals surface area contributed by atoms with Crippen LogP contribution in [0, 0.1) is 6.92 Å². The molecule has 19 heavy (non-hydrogen) atoms. The molecule has 2 nitrogen and oxygen atoms in total. The zero-order chi connectivity index (χ0) is 13.2. The van der Waals surface area contributed by atoms with Crippen molar-refractivity contribution < 1.29 is 0 Å². The van der Waals surface area contributed by atoms with Gasteiger partial charge in [0.1, 0.15) is 0 Å². The van der Waals surface area contributed by atoms with E-state index >= 15 is 0 Å². The fourth-order valence-corrected chi connectivity index (χ4v) is 4.22. The Labute approximate surface area is 122 Å². The third-order valence-corrected chi connectivity index (χ3v) is 5.60. The summed E-state index contributed by atoms with van der Waals surface area (Å²) in [6.07, 6.45) is 1.26. The zero-order valence-electron chi connectivity index (χ0n) is 11.2. The second-order valence-electron chi connectivity index (χ2n) is 4.95. The van der Waals surface area contributed by atoms with Crippen LogP contribution in [0.25, 0.3) is 11.3 Å². The van der Waals surface area contributed by atoms with Gasteiger partial charge in [0.25, 0.3) is 0 Å². The first kappa shape index (κ1) is 13.0. The minimum atomic E-state index is 0.595. The van der Waals surface area contributed by atoms with E-state index < -0.39 is 0 Å². The van der Waals surface area contributed by atoms with E-state index in [1.54, 1.807) is 11.3 Å². The molecule has 0 spiro atoms.